The van der Waals surface area contributed by atoms with E-state index in [2.05, 4.69) is 13.0 Å². The predicted molar refractivity (Wildman–Crippen MR) is 110 cm³/mol. The minimum absolute atomic E-state index is 0.0369. The molecule has 1 amide bonds. The van der Waals surface area contributed by atoms with Crippen LogP contribution in [0.25, 0.3) is 10.2 Å². The molecular formula is C22H23FN2O2S. The number of carbonyl (C=O) groups is 1. The van der Waals surface area contributed by atoms with E-state index in [4.69, 9.17) is 9.72 Å². The number of rotatable bonds is 6. The molecule has 6 heteroatoms. The Morgan fingerprint density at radius 2 is 2.11 bits per heavy atom. The summed E-state index contributed by atoms with van der Waals surface area (Å²) in [6, 6.07) is 12.3. The lowest BCUT2D eigenvalue weighted by atomic mass is 10.1. The van der Waals surface area contributed by atoms with Gasteiger partial charge in [-0.3, -0.25) is 9.69 Å². The van der Waals surface area contributed by atoms with Gasteiger partial charge in [0.2, 0.25) is 5.91 Å². The van der Waals surface area contributed by atoms with E-state index in [1.807, 2.05) is 12.1 Å². The van der Waals surface area contributed by atoms with Gasteiger partial charge in [-0.25, -0.2) is 9.37 Å². The van der Waals surface area contributed by atoms with Crippen LogP contribution in [-0.2, 0) is 22.4 Å². The number of thiazole rings is 1. The summed E-state index contributed by atoms with van der Waals surface area (Å²) in [4.78, 5) is 19.7. The number of hydrogen-bond acceptors (Lipinski definition) is 4. The van der Waals surface area contributed by atoms with E-state index in [0.717, 1.165) is 41.6 Å². The largest absolute Gasteiger partial charge is 0.376 e. The van der Waals surface area contributed by atoms with Crippen LogP contribution in [0.5, 0.6) is 0 Å². The molecule has 2 heterocycles. The summed E-state index contributed by atoms with van der Waals surface area (Å²) in [7, 11) is 0. The van der Waals surface area contributed by atoms with Gasteiger partial charge in [0.1, 0.15) is 5.82 Å². The van der Waals surface area contributed by atoms with Crippen LogP contribution in [0.4, 0.5) is 9.52 Å². The zero-order chi connectivity index (χ0) is 19.5. The van der Waals surface area contributed by atoms with Crippen LogP contribution in [0.2, 0.25) is 0 Å². The van der Waals surface area contributed by atoms with Gasteiger partial charge < -0.3 is 4.74 Å². The summed E-state index contributed by atoms with van der Waals surface area (Å²) in [5.41, 5.74) is 2.94. The first-order valence-corrected chi connectivity index (χ1v) is 10.5. The molecule has 0 radical (unpaired) electrons. The average molecular weight is 399 g/mol. The van der Waals surface area contributed by atoms with Crippen molar-refractivity contribution in [1.29, 1.82) is 0 Å². The molecule has 1 saturated heterocycles. The van der Waals surface area contributed by atoms with Gasteiger partial charge in [-0.15, -0.1) is 0 Å². The van der Waals surface area contributed by atoms with Gasteiger partial charge in [-0.05, 0) is 48.6 Å². The molecule has 1 unspecified atom stereocenters. The van der Waals surface area contributed by atoms with Crippen molar-refractivity contribution in [2.75, 3.05) is 18.1 Å². The Hall–Kier alpha value is -2.31. The molecule has 0 bridgehead atoms. The fraction of sp³-hybridized carbons (Fsp3) is 0.364. The summed E-state index contributed by atoms with van der Waals surface area (Å²) in [6.45, 7) is 3.35. The third-order valence-corrected chi connectivity index (χ3v) is 6.13. The van der Waals surface area contributed by atoms with E-state index in [1.54, 1.807) is 17.0 Å². The summed E-state index contributed by atoms with van der Waals surface area (Å²) >= 11 is 1.54. The van der Waals surface area contributed by atoms with E-state index in [0.29, 0.717) is 11.7 Å². The van der Waals surface area contributed by atoms with Crippen molar-refractivity contribution >= 4 is 32.6 Å². The third kappa shape index (κ3) is 4.08. The Morgan fingerprint density at radius 1 is 1.29 bits per heavy atom. The molecule has 1 aromatic heterocycles. The quantitative estimate of drug-likeness (QED) is 0.602. The van der Waals surface area contributed by atoms with E-state index in [-0.39, 0.29) is 24.2 Å². The van der Waals surface area contributed by atoms with E-state index < -0.39 is 0 Å². The molecule has 1 atom stereocenters. The number of benzene rings is 2. The predicted octanol–water partition coefficient (Wildman–Crippen LogP) is 4.75. The maximum absolute atomic E-state index is 13.2. The number of para-hydroxylation sites is 1. The van der Waals surface area contributed by atoms with Crippen molar-refractivity contribution < 1.29 is 13.9 Å². The number of hydrogen-bond donors (Lipinski definition) is 0. The average Bonchev–Trinajstić information content (AvgIpc) is 3.36. The number of ether oxygens (including phenoxy) is 1. The Kier molecular flexibility index (Phi) is 5.69. The van der Waals surface area contributed by atoms with Gasteiger partial charge in [0.05, 0.1) is 29.3 Å². The highest BCUT2D eigenvalue weighted by Crippen LogP contribution is 2.32. The van der Waals surface area contributed by atoms with Gasteiger partial charge in [-0.2, -0.15) is 0 Å². The second-order valence-electron chi connectivity index (χ2n) is 7.06. The Morgan fingerprint density at radius 3 is 2.82 bits per heavy atom. The number of aromatic nitrogens is 1. The van der Waals surface area contributed by atoms with Gasteiger partial charge in [0.15, 0.2) is 5.13 Å². The zero-order valence-electron chi connectivity index (χ0n) is 15.9. The van der Waals surface area contributed by atoms with Crippen molar-refractivity contribution in [3.8, 4) is 0 Å². The van der Waals surface area contributed by atoms with Crippen molar-refractivity contribution in [2.45, 2.75) is 38.7 Å². The monoisotopic (exact) mass is 398 g/mol. The number of anilines is 1. The standard InChI is InChI=1S/C22H23FN2O2S/c1-2-16-5-3-7-19-21(16)24-22(28-19)25(14-18-6-4-12-27-18)20(26)13-15-8-10-17(23)11-9-15/h3,5,7-11,18H,2,4,6,12-14H2,1H3. The number of aryl methyl sites for hydroxylation is 1. The van der Waals surface area contributed by atoms with Crippen LogP contribution in [0.15, 0.2) is 42.5 Å². The molecule has 3 aromatic rings. The molecule has 1 aliphatic heterocycles. The molecule has 2 aromatic carbocycles. The summed E-state index contributed by atoms with van der Waals surface area (Å²) < 4.78 is 20.0. The fourth-order valence-corrected chi connectivity index (χ4v) is 4.59. The van der Waals surface area contributed by atoms with E-state index in [9.17, 15) is 9.18 Å². The number of nitrogens with zero attached hydrogens (tertiary/aromatic N) is 2. The lowest BCUT2D eigenvalue weighted by molar-refractivity contribution is -0.118. The molecule has 0 saturated carbocycles. The highest BCUT2D eigenvalue weighted by molar-refractivity contribution is 7.22. The Bertz CT molecular complexity index is 964. The number of fused-ring (bicyclic) bond motifs is 1. The Balaban J connectivity index is 1.64. The van der Waals surface area contributed by atoms with E-state index >= 15 is 0 Å². The van der Waals surface area contributed by atoms with Crippen molar-refractivity contribution in [1.82, 2.24) is 4.98 Å². The van der Waals surface area contributed by atoms with Crippen molar-refractivity contribution in [3.05, 3.63) is 59.4 Å². The van der Waals surface area contributed by atoms with Gasteiger partial charge in [0.25, 0.3) is 0 Å². The van der Waals surface area contributed by atoms with Crippen LogP contribution >= 0.6 is 11.3 Å². The zero-order valence-corrected chi connectivity index (χ0v) is 16.7. The maximum atomic E-state index is 13.2. The van der Waals surface area contributed by atoms with Gasteiger partial charge >= 0.3 is 0 Å². The molecule has 4 nitrogen and oxygen atoms in total. The first-order valence-electron chi connectivity index (χ1n) is 9.69. The number of amides is 1. The third-order valence-electron chi connectivity index (χ3n) is 5.08. The van der Waals surface area contributed by atoms with Crippen LogP contribution in [0, 0.1) is 5.82 Å². The minimum atomic E-state index is -0.300. The van der Waals surface area contributed by atoms with Gasteiger partial charge in [-0.1, -0.05) is 42.5 Å². The second kappa shape index (κ2) is 8.37. The maximum Gasteiger partial charge on any atom is 0.233 e. The first-order chi connectivity index (χ1) is 13.6. The van der Waals surface area contributed by atoms with Crippen molar-refractivity contribution in [2.24, 2.45) is 0 Å². The molecular weight excluding hydrogens is 375 g/mol. The summed E-state index contributed by atoms with van der Waals surface area (Å²) in [5, 5.41) is 0.707. The van der Waals surface area contributed by atoms with Gasteiger partial charge in [0, 0.05) is 6.61 Å². The summed E-state index contributed by atoms with van der Waals surface area (Å²) in [6.07, 6.45) is 3.12. The highest BCUT2D eigenvalue weighted by Gasteiger charge is 2.26. The molecule has 0 aliphatic carbocycles. The van der Waals surface area contributed by atoms with Crippen LogP contribution in [0.3, 0.4) is 0 Å². The molecule has 1 fully saturated rings. The first kappa shape index (κ1) is 19.0. The molecule has 146 valence electrons. The lowest BCUT2D eigenvalue weighted by Gasteiger charge is -2.23. The van der Waals surface area contributed by atoms with Crippen molar-refractivity contribution in [3.63, 3.8) is 0 Å². The number of halogens is 1. The highest BCUT2D eigenvalue weighted by atomic mass is 32.1. The Labute approximate surface area is 168 Å². The number of carbonyl (C=O) groups excluding carboxylic acids is 1. The van der Waals surface area contributed by atoms with E-state index in [1.165, 1.54) is 29.0 Å². The molecule has 0 N–H and O–H groups in total. The fourth-order valence-electron chi connectivity index (χ4n) is 3.55. The summed E-state index contributed by atoms with van der Waals surface area (Å²) in [5.74, 6) is -0.343. The smallest absolute Gasteiger partial charge is 0.233 e. The molecule has 1 aliphatic rings. The second-order valence-corrected chi connectivity index (χ2v) is 8.07. The molecule has 0 spiro atoms. The lowest BCUT2D eigenvalue weighted by Crippen LogP contribution is -2.38. The van der Waals surface area contributed by atoms with Crippen LogP contribution < -0.4 is 4.90 Å². The van der Waals surface area contributed by atoms with Crippen LogP contribution in [-0.4, -0.2) is 30.1 Å². The minimum Gasteiger partial charge on any atom is -0.376 e. The normalized spacial score (nSPS) is 16.6. The molecule has 28 heavy (non-hydrogen) atoms. The molecule has 4 rings (SSSR count). The topological polar surface area (TPSA) is 42.4 Å². The SMILES string of the molecule is CCc1cccc2sc(N(CC3CCCO3)C(=O)Cc3ccc(F)cc3)nc12. The van der Waals surface area contributed by atoms with Crippen LogP contribution in [0.1, 0.15) is 30.9 Å².